The van der Waals surface area contributed by atoms with Gasteiger partial charge in [-0.15, -0.1) is 0 Å². The van der Waals surface area contributed by atoms with Gasteiger partial charge in [-0.25, -0.2) is 34.7 Å². The van der Waals surface area contributed by atoms with Crippen molar-refractivity contribution in [2.75, 3.05) is 18.8 Å². The minimum Gasteiger partial charge on any atom is -0.507 e. The van der Waals surface area contributed by atoms with Crippen molar-refractivity contribution >= 4 is 80.1 Å². The van der Waals surface area contributed by atoms with E-state index >= 15 is 0 Å². The van der Waals surface area contributed by atoms with E-state index in [-0.39, 0.29) is 95.2 Å². The number of sulfone groups is 1. The molecule has 0 radical (unpaired) electrons. The predicted octanol–water partition coefficient (Wildman–Crippen LogP) is 2.60. The van der Waals surface area contributed by atoms with Crippen LogP contribution >= 0.6 is 0 Å². The van der Waals surface area contributed by atoms with Gasteiger partial charge in [0.15, 0.2) is 9.84 Å². The summed E-state index contributed by atoms with van der Waals surface area (Å²) in [6.07, 6.45) is -0.989. The number of phenols is 1. The van der Waals surface area contributed by atoms with Crippen molar-refractivity contribution in [1.29, 1.82) is 0 Å². The highest BCUT2D eigenvalue weighted by atomic mass is 32.2. The van der Waals surface area contributed by atoms with Crippen LogP contribution in [0, 0.1) is 0 Å². The number of carboxylic acids is 3. The Morgan fingerprint density at radius 1 is 0.553 bits per heavy atom. The molecule has 4 rings (SSSR count). The van der Waals surface area contributed by atoms with Gasteiger partial charge in [-0.2, -0.15) is 0 Å². The predicted molar refractivity (Wildman–Crippen MR) is 169 cm³/mol. The summed E-state index contributed by atoms with van der Waals surface area (Å²) in [4.78, 5) is 31.4. The molecule has 4 aromatic rings. The third-order valence-electron chi connectivity index (χ3n) is 7.45. The average Bonchev–Trinajstić information content (AvgIpc) is 2.98. The molecular formula is C29H32N2O13S3. The maximum atomic E-state index is 13.6. The first-order chi connectivity index (χ1) is 22.0. The molecule has 254 valence electrons. The maximum Gasteiger partial charge on any atom is 0.303 e. The van der Waals surface area contributed by atoms with E-state index in [0.717, 1.165) is 12.1 Å². The normalized spacial score (nSPS) is 12.7. The number of unbranched alkanes of at least 4 members (excludes halogenated alkanes) is 1. The highest BCUT2D eigenvalue weighted by Crippen LogP contribution is 2.45. The zero-order valence-electron chi connectivity index (χ0n) is 24.7. The lowest BCUT2D eigenvalue weighted by molar-refractivity contribution is -0.138. The van der Waals surface area contributed by atoms with Crippen LogP contribution in [0.1, 0.15) is 44.9 Å². The number of carbonyl (C=O) groups is 3. The van der Waals surface area contributed by atoms with Crippen LogP contribution in [0.3, 0.4) is 0 Å². The number of rotatable bonds is 18. The van der Waals surface area contributed by atoms with E-state index in [1.807, 2.05) is 0 Å². The lowest BCUT2D eigenvalue weighted by Crippen LogP contribution is -2.28. The smallest absolute Gasteiger partial charge is 0.303 e. The number of hydrogen-bond acceptors (Lipinski definition) is 10. The van der Waals surface area contributed by atoms with Gasteiger partial charge in [0.2, 0.25) is 20.0 Å². The van der Waals surface area contributed by atoms with Crippen molar-refractivity contribution in [3.05, 3.63) is 36.4 Å². The number of carboxylic acid groups (broad SMARTS) is 3. The summed E-state index contributed by atoms with van der Waals surface area (Å²) < 4.78 is 85.9. The number of sulfonamides is 2. The van der Waals surface area contributed by atoms with Crippen LogP contribution in [0.15, 0.2) is 51.1 Å². The summed E-state index contributed by atoms with van der Waals surface area (Å²) in [7, 11) is -13.2. The second-order valence-electron chi connectivity index (χ2n) is 10.8. The van der Waals surface area contributed by atoms with Gasteiger partial charge >= 0.3 is 17.9 Å². The van der Waals surface area contributed by atoms with Crippen LogP contribution in [0.25, 0.3) is 32.3 Å². The Morgan fingerprint density at radius 2 is 0.957 bits per heavy atom. The zero-order valence-corrected chi connectivity index (χ0v) is 27.2. The summed E-state index contributed by atoms with van der Waals surface area (Å²) in [6, 6.07) is 7.32. The number of benzene rings is 4. The largest absolute Gasteiger partial charge is 0.507 e. The number of nitrogens with one attached hydrogen (secondary N) is 2. The molecule has 0 heterocycles. The van der Waals surface area contributed by atoms with Gasteiger partial charge in [-0.1, -0.05) is 18.2 Å². The summed E-state index contributed by atoms with van der Waals surface area (Å²) in [6.45, 7) is -0.589. The Morgan fingerprint density at radius 3 is 1.43 bits per heavy atom. The first-order valence-corrected chi connectivity index (χ1v) is 18.9. The van der Waals surface area contributed by atoms with E-state index in [2.05, 4.69) is 9.44 Å². The van der Waals surface area contributed by atoms with Crippen LogP contribution in [0.2, 0.25) is 0 Å². The van der Waals surface area contributed by atoms with Crippen molar-refractivity contribution in [2.45, 2.75) is 59.6 Å². The fourth-order valence-corrected chi connectivity index (χ4v) is 9.58. The van der Waals surface area contributed by atoms with Gasteiger partial charge in [0.1, 0.15) is 5.75 Å². The molecule has 0 aromatic heterocycles. The van der Waals surface area contributed by atoms with Crippen LogP contribution < -0.4 is 9.44 Å². The van der Waals surface area contributed by atoms with Crippen LogP contribution in [0.4, 0.5) is 0 Å². The maximum absolute atomic E-state index is 13.6. The SMILES string of the molecule is O=C(O)CCCCS(=O)(=O)c1cc(O)c2ccc3c(S(=O)(=O)NCCCC(=O)O)cc(S(=O)(=O)NCCCC(=O)O)c4ccc1c2c34. The van der Waals surface area contributed by atoms with Gasteiger partial charge in [0.25, 0.3) is 0 Å². The Balaban J connectivity index is 1.98. The van der Waals surface area contributed by atoms with Gasteiger partial charge in [-0.05, 0) is 43.9 Å². The molecule has 0 aliphatic carbocycles. The second kappa shape index (κ2) is 13.9. The quantitative estimate of drug-likeness (QED) is 0.0641. The molecule has 0 fully saturated rings. The average molecular weight is 713 g/mol. The summed E-state index contributed by atoms with van der Waals surface area (Å²) in [5.74, 6) is -4.33. The van der Waals surface area contributed by atoms with E-state index in [9.17, 15) is 44.7 Å². The molecule has 15 nitrogen and oxygen atoms in total. The number of aliphatic carboxylic acids is 3. The summed E-state index contributed by atoms with van der Waals surface area (Å²) in [5.41, 5.74) is 0. The third kappa shape index (κ3) is 7.90. The summed E-state index contributed by atoms with van der Waals surface area (Å²) >= 11 is 0. The van der Waals surface area contributed by atoms with E-state index < -0.39 is 69.1 Å². The number of hydrogen-bond donors (Lipinski definition) is 6. The lowest BCUT2D eigenvalue weighted by Gasteiger charge is -2.20. The van der Waals surface area contributed by atoms with Crippen LogP contribution in [-0.4, -0.2) is 82.4 Å². The first kappa shape index (κ1) is 35.7. The van der Waals surface area contributed by atoms with Crippen molar-refractivity contribution < 1.29 is 60.1 Å². The van der Waals surface area contributed by atoms with E-state index in [1.165, 1.54) is 24.3 Å². The van der Waals surface area contributed by atoms with Gasteiger partial charge in [-0.3, -0.25) is 14.4 Å². The Kier molecular flexibility index (Phi) is 10.6. The summed E-state index contributed by atoms with van der Waals surface area (Å²) in [5, 5.41) is 37.9. The molecule has 4 aromatic carbocycles. The fraction of sp³-hybridized carbons (Fsp3) is 0.345. The fourth-order valence-electron chi connectivity index (χ4n) is 5.31. The molecule has 0 bridgehead atoms. The zero-order chi connectivity index (χ0) is 34.7. The molecule has 0 aliphatic heterocycles. The Labute approximate surface area is 269 Å². The Bertz CT molecular complexity index is 2130. The molecule has 6 N–H and O–H groups in total. The van der Waals surface area contributed by atoms with Crippen molar-refractivity contribution in [3.8, 4) is 5.75 Å². The standard InChI is InChI=1S/C29H32N2O13S3/c32-21-15-22(45(39,40)14-2-1-5-25(33)34)18-10-11-20-24(47(43,44)31-13-4-7-27(37)38)16-23(19-9-8-17(21)28(18)29(19)20)46(41,42)30-12-3-6-26(35)36/h8-11,15-16,30-32H,1-7,12-14H2,(H,33,34)(H,35,36)(H,37,38). The topological polar surface area (TPSA) is 259 Å². The molecule has 0 saturated carbocycles. The van der Waals surface area contributed by atoms with E-state index in [4.69, 9.17) is 15.3 Å². The highest BCUT2D eigenvalue weighted by molar-refractivity contribution is 7.91. The molecule has 0 atom stereocenters. The van der Waals surface area contributed by atoms with Crippen molar-refractivity contribution in [1.82, 2.24) is 9.44 Å². The van der Waals surface area contributed by atoms with Crippen molar-refractivity contribution in [3.63, 3.8) is 0 Å². The number of aromatic hydroxyl groups is 1. The second-order valence-corrected chi connectivity index (χ2v) is 16.3. The monoisotopic (exact) mass is 712 g/mol. The molecular weight excluding hydrogens is 681 g/mol. The first-order valence-electron chi connectivity index (χ1n) is 14.3. The van der Waals surface area contributed by atoms with Crippen LogP contribution in [0.5, 0.6) is 5.75 Å². The molecule has 47 heavy (non-hydrogen) atoms. The number of phenolic OH excluding ortho intramolecular Hbond substituents is 1. The van der Waals surface area contributed by atoms with E-state index in [1.54, 1.807) is 0 Å². The molecule has 0 saturated heterocycles. The molecule has 0 amide bonds. The lowest BCUT2D eigenvalue weighted by atomic mass is 9.94. The molecule has 18 heteroatoms. The van der Waals surface area contributed by atoms with Gasteiger partial charge in [0.05, 0.1) is 20.4 Å². The van der Waals surface area contributed by atoms with Crippen molar-refractivity contribution in [2.24, 2.45) is 0 Å². The van der Waals surface area contributed by atoms with E-state index in [0.29, 0.717) is 0 Å². The third-order valence-corrected chi connectivity index (χ3v) is 12.3. The molecule has 0 aliphatic rings. The Hall–Kier alpha value is -4.10. The highest BCUT2D eigenvalue weighted by Gasteiger charge is 2.29. The minimum absolute atomic E-state index is 0.00323. The molecule has 0 unspecified atom stereocenters. The van der Waals surface area contributed by atoms with Gasteiger partial charge < -0.3 is 20.4 Å². The van der Waals surface area contributed by atoms with Crippen LogP contribution in [-0.2, 0) is 44.3 Å². The minimum atomic E-state index is -4.51. The molecule has 0 spiro atoms. The van der Waals surface area contributed by atoms with Gasteiger partial charge in [0, 0.05) is 64.7 Å².